The first-order valence-electron chi connectivity index (χ1n) is 6.29. The molecule has 21 heavy (non-hydrogen) atoms. The predicted molar refractivity (Wildman–Crippen MR) is 73.2 cm³/mol. The molecule has 0 unspecified atom stereocenters. The summed E-state index contributed by atoms with van der Waals surface area (Å²) in [6, 6.07) is 4.90. The number of halogens is 4. The lowest BCUT2D eigenvalue weighted by atomic mass is 10.1. The number of hydrogen-bond acceptors (Lipinski definition) is 2. The second kappa shape index (κ2) is 5.97. The van der Waals surface area contributed by atoms with Gasteiger partial charge in [-0.1, -0.05) is 11.6 Å². The maximum absolute atomic E-state index is 12.5. The van der Waals surface area contributed by atoms with Crippen LogP contribution in [0.25, 0.3) is 6.08 Å². The number of likely N-dealkylation sites (N-methyl/N-ethyl adjacent to an activating group) is 1. The summed E-state index contributed by atoms with van der Waals surface area (Å²) in [6.07, 6.45) is -2.91. The molecule has 0 N–H and O–H groups in total. The van der Waals surface area contributed by atoms with Gasteiger partial charge in [-0.2, -0.15) is 13.2 Å². The molecule has 114 valence electrons. The van der Waals surface area contributed by atoms with E-state index in [1.54, 1.807) is 18.2 Å². The summed E-state index contributed by atoms with van der Waals surface area (Å²) in [5, 5.41) is 0.463. The van der Waals surface area contributed by atoms with Crippen molar-refractivity contribution >= 4 is 23.6 Å². The van der Waals surface area contributed by atoms with Gasteiger partial charge in [0.05, 0.1) is 5.57 Å². The monoisotopic (exact) mass is 319 g/mol. The molecule has 0 bridgehead atoms. The van der Waals surface area contributed by atoms with Crippen LogP contribution in [0.5, 0.6) is 5.75 Å². The number of nitrogens with zero attached hydrogens (tertiary/aromatic N) is 1. The van der Waals surface area contributed by atoms with Crippen LogP contribution in [0, 0.1) is 0 Å². The lowest BCUT2D eigenvalue weighted by molar-refractivity contribution is -0.158. The van der Waals surface area contributed by atoms with Gasteiger partial charge in [0.15, 0.2) is 0 Å². The van der Waals surface area contributed by atoms with E-state index in [1.165, 1.54) is 13.0 Å². The van der Waals surface area contributed by atoms with E-state index in [1.807, 2.05) is 0 Å². The molecule has 7 heteroatoms. The lowest BCUT2D eigenvalue weighted by Gasteiger charge is -2.25. The molecule has 1 amide bonds. The zero-order valence-corrected chi connectivity index (χ0v) is 12.0. The van der Waals surface area contributed by atoms with E-state index in [-0.39, 0.29) is 18.7 Å². The van der Waals surface area contributed by atoms with Crippen molar-refractivity contribution in [1.82, 2.24) is 4.90 Å². The Hall–Kier alpha value is -1.69. The minimum Gasteiger partial charge on any atom is -0.488 e. The molecule has 2 rings (SSSR count). The van der Waals surface area contributed by atoms with Crippen LogP contribution in [-0.2, 0) is 4.79 Å². The molecule has 0 fully saturated rings. The molecular formula is C14H13ClF3NO2. The van der Waals surface area contributed by atoms with E-state index < -0.39 is 18.6 Å². The Bertz CT molecular complexity index is 584. The van der Waals surface area contributed by atoms with E-state index in [0.29, 0.717) is 16.3 Å². The Labute approximate surface area is 124 Å². The quantitative estimate of drug-likeness (QED) is 0.853. The number of alkyl halides is 3. The summed E-state index contributed by atoms with van der Waals surface area (Å²) in [5.41, 5.74) is 0.760. The Morgan fingerprint density at radius 2 is 2.14 bits per heavy atom. The van der Waals surface area contributed by atoms with Crippen molar-refractivity contribution < 1.29 is 22.7 Å². The molecule has 0 spiro atoms. The normalized spacial score (nSPS) is 14.0. The van der Waals surface area contributed by atoms with Gasteiger partial charge in [-0.3, -0.25) is 4.79 Å². The first kappa shape index (κ1) is 15.7. The van der Waals surface area contributed by atoms with Crippen molar-refractivity contribution in [2.45, 2.75) is 13.1 Å². The standard InChI is InChI=1S/C14H13ClF3NO2/c1-2-19(8-14(16,17)18)13(20)10-5-9-6-11(15)3-4-12(9)21-7-10/h3-6H,2,7-8H2,1H3. The van der Waals surface area contributed by atoms with E-state index in [4.69, 9.17) is 16.3 Å². The molecule has 1 aliphatic heterocycles. The summed E-state index contributed by atoms with van der Waals surface area (Å²) >= 11 is 5.85. The van der Waals surface area contributed by atoms with E-state index in [9.17, 15) is 18.0 Å². The number of carbonyl (C=O) groups excluding carboxylic acids is 1. The van der Waals surface area contributed by atoms with Crippen molar-refractivity contribution in [3.8, 4) is 5.75 Å². The first-order valence-corrected chi connectivity index (χ1v) is 6.67. The summed E-state index contributed by atoms with van der Waals surface area (Å²) < 4.78 is 42.7. The number of ether oxygens (including phenoxy) is 1. The van der Waals surface area contributed by atoms with Crippen molar-refractivity contribution in [3.63, 3.8) is 0 Å². The first-order chi connectivity index (χ1) is 9.80. The molecule has 3 nitrogen and oxygen atoms in total. The summed E-state index contributed by atoms with van der Waals surface area (Å²) in [5.74, 6) is -0.129. The highest BCUT2D eigenvalue weighted by Gasteiger charge is 2.33. The van der Waals surface area contributed by atoms with Crippen LogP contribution in [-0.4, -0.2) is 36.7 Å². The van der Waals surface area contributed by atoms with Crippen molar-refractivity contribution in [1.29, 1.82) is 0 Å². The highest BCUT2D eigenvalue weighted by molar-refractivity contribution is 6.30. The molecule has 1 heterocycles. The van der Waals surface area contributed by atoms with Crippen LogP contribution in [0.15, 0.2) is 23.8 Å². The number of carbonyl (C=O) groups is 1. The summed E-state index contributed by atoms with van der Waals surface area (Å²) in [6.45, 7) is 0.140. The van der Waals surface area contributed by atoms with Crippen LogP contribution in [0.3, 0.4) is 0 Å². The summed E-state index contributed by atoms with van der Waals surface area (Å²) in [7, 11) is 0. The van der Waals surface area contributed by atoms with E-state index >= 15 is 0 Å². The number of amides is 1. The minimum absolute atomic E-state index is 0.0297. The SMILES string of the molecule is CCN(CC(F)(F)F)C(=O)C1=Cc2cc(Cl)ccc2OC1. The van der Waals surface area contributed by atoms with Crippen LogP contribution in [0.4, 0.5) is 13.2 Å². The number of fused-ring (bicyclic) bond motifs is 1. The van der Waals surface area contributed by atoms with Crippen molar-refractivity contribution in [2.75, 3.05) is 19.7 Å². The van der Waals surface area contributed by atoms with Crippen LogP contribution < -0.4 is 4.74 Å². The molecule has 0 radical (unpaired) electrons. The highest BCUT2D eigenvalue weighted by Crippen LogP contribution is 2.29. The third-order valence-corrected chi connectivity index (χ3v) is 3.23. The molecule has 0 aromatic heterocycles. The fraction of sp³-hybridized carbons (Fsp3) is 0.357. The Morgan fingerprint density at radius 1 is 1.43 bits per heavy atom. The maximum Gasteiger partial charge on any atom is 0.406 e. The highest BCUT2D eigenvalue weighted by atomic mass is 35.5. The van der Waals surface area contributed by atoms with Gasteiger partial charge in [0.2, 0.25) is 0 Å². The zero-order chi connectivity index (χ0) is 15.6. The molecule has 1 aromatic rings. The lowest BCUT2D eigenvalue weighted by Crippen LogP contribution is -2.40. The van der Waals surface area contributed by atoms with Gasteiger partial charge in [0, 0.05) is 17.1 Å². The average Bonchev–Trinajstić information content (AvgIpc) is 2.42. The molecule has 1 aliphatic rings. The van der Waals surface area contributed by atoms with Gasteiger partial charge in [-0.15, -0.1) is 0 Å². The third-order valence-electron chi connectivity index (χ3n) is 3.00. The average molecular weight is 320 g/mol. The molecule has 0 saturated heterocycles. The van der Waals surface area contributed by atoms with Gasteiger partial charge < -0.3 is 9.64 Å². The fourth-order valence-electron chi connectivity index (χ4n) is 2.02. The number of hydrogen-bond donors (Lipinski definition) is 0. The Balaban J connectivity index is 2.23. The van der Waals surface area contributed by atoms with Crippen LogP contribution in [0.2, 0.25) is 5.02 Å². The van der Waals surface area contributed by atoms with Crippen molar-refractivity contribution in [3.05, 3.63) is 34.4 Å². The fourth-order valence-corrected chi connectivity index (χ4v) is 2.20. The van der Waals surface area contributed by atoms with Crippen LogP contribution in [0.1, 0.15) is 12.5 Å². The van der Waals surface area contributed by atoms with Gasteiger partial charge in [-0.05, 0) is 31.2 Å². The topological polar surface area (TPSA) is 29.5 Å². The molecular weight excluding hydrogens is 307 g/mol. The van der Waals surface area contributed by atoms with Gasteiger partial charge in [0.1, 0.15) is 18.9 Å². The predicted octanol–water partition coefficient (Wildman–Crippen LogP) is 3.53. The number of rotatable bonds is 3. The Morgan fingerprint density at radius 3 is 2.76 bits per heavy atom. The largest absolute Gasteiger partial charge is 0.488 e. The smallest absolute Gasteiger partial charge is 0.406 e. The number of benzene rings is 1. The van der Waals surface area contributed by atoms with Gasteiger partial charge in [0.25, 0.3) is 5.91 Å². The van der Waals surface area contributed by atoms with Gasteiger partial charge >= 0.3 is 6.18 Å². The molecule has 1 aromatic carbocycles. The summed E-state index contributed by atoms with van der Waals surface area (Å²) in [4.78, 5) is 12.9. The maximum atomic E-state index is 12.5. The molecule has 0 atom stereocenters. The van der Waals surface area contributed by atoms with E-state index in [2.05, 4.69) is 0 Å². The van der Waals surface area contributed by atoms with Crippen molar-refractivity contribution in [2.24, 2.45) is 0 Å². The minimum atomic E-state index is -4.43. The van der Waals surface area contributed by atoms with Gasteiger partial charge in [-0.25, -0.2) is 0 Å². The third kappa shape index (κ3) is 3.91. The molecule has 0 aliphatic carbocycles. The zero-order valence-electron chi connectivity index (χ0n) is 11.2. The van der Waals surface area contributed by atoms with Crippen LogP contribution >= 0.6 is 11.6 Å². The molecule has 0 saturated carbocycles. The second-order valence-corrected chi connectivity index (χ2v) is 5.01. The second-order valence-electron chi connectivity index (χ2n) is 4.57. The Kier molecular flexibility index (Phi) is 4.46. The van der Waals surface area contributed by atoms with E-state index in [0.717, 1.165) is 4.90 Å².